The lowest BCUT2D eigenvalue weighted by atomic mass is 10.0. The zero-order valence-electron chi connectivity index (χ0n) is 20.4. The van der Waals surface area contributed by atoms with Crippen LogP contribution in [0, 0.1) is 0 Å². The van der Waals surface area contributed by atoms with Crippen LogP contribution in [0.25, 0.3) is 0 Å². The van der Waals surface area contributed by atoms with Crippen molar-refractivity contribution in [3.8, 4) is 0 Å². The molecular formula is C28H42BNO3. The summed E-state index contributed by atoms with van der Waals surface area (Å²) in [6.07, 6.45) is 13.0. The molecule has 0 aliphatic carbocycles. The number of unbranched alkanes of at least 4 members (excludes halogenated alkanes) is 9. The summed E-state index contributed by atoms with van der Waals surface area (Å²) < 4.78 is 11.9. The van der Waals surface area contributed by atoms with E-state index in [9.17, 15) is 5.02 Å². The van der Waals surface area contributed by atoms with E-state index in [1.165, 1.54) is 64.2 Å². The predicted molar refractivity (Wildman–Crippen MR) is 137 cm³/mol. The van der Waals surface area contributed by atoms with Gasteiger partial charge in [0, 0.05) is 13.1 Å². The standard InChI is InChI=1S/C28H42BNO3/c1-2-3-4-5-6-7-8-9-10-17-22-30-23-27(25-18-13-11-14-19-25)32-29(31)33-28(24-30)26-20-15-12-16-21-26/h11-16,18-21,27-28,31H,2-10,17,22-24H2,1H3. The Morgan fingerprint density at radius 3 is 1.58 bits per heavy atom. The van der Waals surface area contributed by atoms with E-state index < -0.39 is 7.32 Å². The molecule has 1 saturated heterocycles. The van der Waals surface area contributed by atoms with E-state index in [2.05, 4.69) is 36.1 Å². The molecule has 1 heterocycles. The Bertz CT molecular complexity index is 694. The van der Waals surface area contributed by atoms with Gasteiger partial charge in [-0.05, 0) is 24.1 Å². The Morgan fingerprint density at radius 2 is 1.12 bits per heavy atom. The Morgan fingerprint density at radius 1 is 0.697 bits per heavy atom. The molecule has 5 heteroatoms. The second-order valence-electron chi connectivity index (χ2n) is 9.32. The van der Waals surface area contributed by atoms with E-state index in [-0.39, 0.29) is 12.2 Å². The van der Waals surface area contributed by atoms with Gasteiger partial charge in [0.15, 0.2) is 0 Å². The second kappa shape index (κ2) is 15.3. The van der Waals surface area contributed by atoms with Gasteiger partial charge in [0.2, 0.25) is 0 Å². The molecule has 0 bridgehead atoms. The molecule has 0 radical (unpaired) electrons. The largest absolute Gasteiger partial charge is 0.637 e. The van der Waals surface area contributed by atoms with E-state index in [1.54, 1.807) is 0 Å². The summed E-state index contributed by atoms with van der Waals surface area (Å²) in [5, 5.41) is 10.5. The third-order valence-corrected chi connectivity index (χ3v) is 6.58. The normalized spacial score (nSPS) is 19.9. The molecule has 0 amide bonds. The van der Waals surface area contributed by atoms with E-state index >= 15 is 0 Å². The third kappa shape index (κ3) is 9.62. The SMILES string of the molecule is CCCCCCCCCCCCN1CC(c2ccccc2)OB(O)OC(c2ccccc2)C1. The molecule has 2 aromatic rings. The van der Waals surface area contributed by atoms with Gasteiger partial charge in [0.25, 0.3) is 0 Å². The highest BCUT2D eigenvalue weighted by Gasteiger charge is 2.33. The van der Waals surface area contributed by atoms with Crippen molar-refractivity contribution in [2.45, 2.75) is 83.3 Å². The molecular weight excluding hydrogens is 409 g/mol. The highest BCUT2D eigenvalue weighted by Crippen LogP contribution is 2.28. The predicted octanol–water partition coefficient (Wildman–Crippen LogP) is 6.72. The zero-order valence-corrected chi connectivity index (χ0v) is 20.4. The lowest BCUT2D eigenvalue weighted by Crippen LogP contribution is -2.42. The van der Waals surface area contributed by atoms with Crippen LogP contribution in [0.5, 0.6) is 0 Å². The minimum Gasteiger partial charge on any atom is -0.402 e. The molecule has 2 unspecified atom stereocenters. The maximum atomic E-state index is 10.5. The maximum Gasteiger partial charge on any atom is 0.637 e. The summed E-state index contributed by atoms with van der Waals surface area (Å²) >= 11 is 0. The third-order valence-electron chi connectivity index (χ3n) is 6.58. The molecule has 1 aliphatic heterocycles. The number of benzene rings is 2. The summed E-state index contributed by atoms with van der Waals surface area (Å²) in [7, 11) is -1.24. The number of nitrogens with zero attached hydrogens (tertiary/aromatic N) is 1. The lowest BCUT2D eigenvalue weighted by molar-refractivity contribution is -0.00829. The Labute approximate surface area is 201 Å². The monoisotopic (exact) mass is 451 g/mol. The molecule has 0 spiro atoms. The molecule has 2 aromatic carbocycles. The van der Waals surface area contributed by atoms with Gasteiger partial charge in [-0.15, -0.1) is 0 Å². The summed E-state index contributed by atoms with van der Waals surface area (Å²) in [5.74, 6) is 0. The van der Waals surface area contributed by atoms with Crippen molar-refractivity contribution in [2.75, 3.05) is 19.6 Å². The molecule has 4 nitrogen and oxygen atoms in total. The van der Waals surface area contributed by atoms with Crippen LogP contribution in [0.1, 0.15) is 94.5 Å². The van der Waals surface area contributed by atoms with Crippen molar-refractivity contribution in [3.63, 3.8) is 0 Å². The molecule has 2 atom stereocenters. The first-order chi connectivity index (χ1) is 16.3. The minimum absolute atomic E-state index is 0.207. The molecule has 3 rings (SSSR count). The van der Waals surface area contributed by atoms with Crippen molar-refractivity contribution < 1.29 is 14.3 Å². The first kappa shape index (κ1) is 26.0. The van der Waals surface area contributed by atoms with E-state index in [0.717, 1.165) is 30.8 Å². The second-order valence-corrected chi connectivity index (χ2v) is 9.32. The van der Waals surface area contributed by atoms with Gasteiger partial charge in [-0.3, -0.25) is 4.90 Å². The fraction of sp³-hybridized carbons (Fsp3) is 0.571. The van der Waals surface area contributed by atoms with Gasteiger partial charge >= 0.3 is 7.32 Å². The Hall–Kier alpha value is -1.66. The minimum atomic E-state index is -1.24. The quantitative estimate of drug-likeness (QED) is 0.271. The summed E-state index contributed by atoms with van der Waals surface area (Å²) in [6.45, 7) is 4.80. The van der Waals surface area contributed by atoms with Crippen LogP contribution in [0.2, 0.25) is 0 Å². The van der Waals surface area contributed by atoms with Gasteiger partial charge in [0.1, 0.15) is 0 Å². The number of hydrogen-bond acceptors (Lipinski definition) is 4. The van der Waals surface area contributed by atoms with Crippen molar-refractivity contribution in [2.24, 2.45) is 0 Å². The average Bonchev–Trinajstić information content (AvgIpc) is 2.84. The maximum absolute atomic E-state index is 10.5. The highest BCUT2D eigenvalue weighted by molar-refractivity contribution is 6.34. The first-order valence-corrected chi connectivity index (χ1v) is 13.1. The van der Waals surface area contributed by atoms with Crippen molar-refractivity contribution in [1.82, 2.24) is 4.90 Å². The van der Waals surface area contributed by atoms with Crippen LogP contribution >= 0.6 is 0 Å². The van der Waals surface area contributed by atoms with Crippen LogP contribution in [0.3, 0.4) is 0 Å². The molecule has 1 fully saturated rings. The molecule has 1 N–H and O–H groups in total. The van der Waals surface area contributed by atoms with Crippen molar-refractivity contribution in [3.05, 3.63) is 71.8 Å². The number of rotatable bonds is 13. The van der Waals surface area contributed by atoms with Crippen molar-refractivity contribution >= 4 is 7.32 Å². The Balaban J connectivity index is 1.51. The van der Waals surface area contributed by atoms with Gasteiger partial charge in [-0.2, -0.15) is 0 Å². The van der Waals surface area contributed by atoms with Gasteiger partial charge in [0.05, 0.1) is 12.2 Å². The average molecular weight is 451 g/mol. The summed E-state index contributed by atoms with van der Waals surface area (Å²) in [6, 6.07) is 20.3. The summed E-state index contributed by atoms with van der Waals surface area (Å²) in [4.78, 5) is 2.45. The van der Waals surface area contributed by atoms with Gasteiger partial charge in [-0.1, -0.05) is 125 Å². The molecule has 33 heavy (non-hydrogen) atoms. The van der Waals surface area contributed by atoms with Crippen LogP contribution < -0.4 is 0 Å². The smallest absolute Gasteiger partial charge is 0.402 e. The van der Waals surface area contributed by atoms with Crippen LogP contribution in [0.4, 0.5) is 0 Å². The van der Waals surface area contributed by atoms with Crippen molar-refractivity contribution in [1.29, 1.82) is 0 Å². The van der Waals surface area contributed by atoms with E-state index in [1.807, 2.05) is 36.4 Å². The fourth-order valence-corrected chi connectivity index (χ4v) is 4.65. The topological polar surface area (TPSA) is 41.9 Å². The van der Waals surface area contributed by atoms with E-state index in [4.69, 9.17) is 9.31 Å². The van der Waals surface area contributed by atoms with Crippen LogP contribution in [-0.2, 0) is 9.31 Å². The molecule has 1 aliphatic rings. The van der Waals surface area contributed by atoms with E-state index in [0.29, 0.717) is 0 Å². The summed E-state index contributed by atoms with van der Waals surface area (Å²) in [5.41, 5.74) is 2.15. The highest BCUT2D eigenvalue weighted by atomic mass is 16.7. The van der Waals surface area contributed by atoms with Crippen LogP contribution in [-0.4, -0.2) is 36.9 Å². The molecule has 0 aromatic heterocycles. The van der Waals surface area contributed by atoms with Gasteiger partial charge in [-0.25, -0.2) is 0 Å². The molecule has 0 saturated carbocycles. The van der Waals surface area contributed by atoms with Crippen LogP contribution in [0.15, 0.2) is 60.7 Å². The zero-order chi connectivity index (χ0) is 23.1. The van der Waals surface area contributed by atoms with Gasteiger partial charge < -0.3 is 14.3 Å². The number of hydrogen-bond donors (Lipinski definition) is 1. The fourth-order valence-electron chi connectivity index (χ4n) is 4.65. The molecule has 180 valence electrons. The lowest BCUT2D eigenvalue weighted by Gasteiger charge is -2.35. The first-order valence-electron chi connectivity index (χ1n) is 13.1. The Kier molecular flexibility index (Phi) is 12.0.